The Morgan fingerprint density at radius 2 is 1.81 bits per heavy atom. The van der Waals surface area contributed by atoms with Gasteiger partial charge in [-0.15, -0.1) is 0 Å². The maximum atomic E-state index is 12.6. The van der Waals surface area contributed by atoms with Gasteiger partial charge < -0.3 is 5.32 Å². The Kier molecular flexibility index (Phi) is 5.15. The highest BCUT2D eigenvalue weighted by atomic mass is 16.2. The molecule has 1 saturated carbocycles. The van der Waals surface area contributed by atoms with E-state index in [1.165, 1.54) is 17.1 Å². The lowest BCUT2D eigenvalue weighted by Crippen LogP contribution is -2.51. The summed E-state index contributed by atoms with van der Waals surface area (Å²) in [6.45, 7) is 2.96. The molecule has 5 heteroatoms. The molecule has 1 aliphatic heterocycles. The van der Waals surface area contributed by atoms with E-state index in [9.17, 15) is 14.4 Å². The molecule has 0 atom stereocenters. The van der Waals surface area contributed by atoms with Gasteiger partial charge in [-0.25, -0.2) is 0 Å². The van der Waals surface area contributed by atoms with Crippen LogP contribution in [-0.2, 0) is 14.4 Å². The molecule has 2 aliphatic rings. The number of rotatable bonds is 6. The highest BCUT2D eigenvalue weighted by Crippen LogP contribution is 2.38. The van der Waals surface area contributed by atoms with Gasteiger partial charge in [-0.3, -0.25) is 19.3 Å². The SMILES string of the molecule is CCCCNC(=O)C1(CN2C(=O)C=CC2=O)CCCCC1. The number of hydrogen-bond acceptors (Lipinski definition) is 3. The monoisotopic (exact) mass is 292 g/mol. The highest BCUT2D eigenvalue weighted by Gasteiger charge is 2.43. The van der Waals surface area contributed by atoms with E-state index in [-0.39, 0.29) is 24.3 Å². The van der Waals surface area contributed by atoms with Crippen molar-refractivity contribution >= 4 is 17.7 Å². The summed E-state index contributed by atoms with van der Waals surface area (Å²) in [5.74, 6) is -0.597. The average molecular weight is 292 g/mol. The first kappa shape index (κ1) is 15.7. The molecule has 0 aromatic rings. The highest BCUT2D eigenvalue weighted by molar-refractivity contribution is 6.13. The summed E-state index contributed by atoms with van der Waals surface area (Å²) >= 11 is 0. The molecule has 1 fully saturated rings. The molecule has 116 valence electrons. The van der Waals surface area contributed by atoms with Gasteiger partial charge in [0.05, 0.1) is 5.41 Å². The van der Waals surface area contributed by atoms with Crippen LogP contribution in [0.4, 0.5) is 0 Å². The summed E-state index contributed by atoms with van der Waals surface area (Å²) < 4.78 is 0. The second-order valence-corrected chi connectivity index (χ2v) is 6.05. The summed E-state index contributed by atoms with van der Waals surface area (Å²) in [4.78, 5) is 37.4. The van der Waals surface area contributed by atoms with Crippen molar-refractivity contribution in [2.75, 3.05) is 13.1 Å². The third-order valence-electron chi connectivity index (χ3n) is 4.47. The molecule has 0 radical (unpaired) electrons. The third kappa shape index (κ3) is 3.52. The summed E-state index contributed by atoms with van der Waals surface area (Å²) in [7, 11) is 0. The smallest absolute Gasteiger partial charge is 0.253 e. The molecule has 0 aromatic heterocycles. The minimum atomic E-state index is -0.594. The summed E-state index contributed by atoms with van der Waals surface area (Å²) in [6.07, 6.45) is 9.12. The van der Waals surface area contributed by atoms with Crippen LogP contribution in [0, 0.1) is 5.41 Å². The number of unbranched alkanes of at least 4 members (excludes halogenated alkanes) is 1. The zero-order valence-electron chi connectivity index (χ0n) is 12.7. The van der Waals surface area contributed by atoms with Gasteiger partial charge >= 0.3 is 0 Å². The second kappa shape index (κ2) is 6.87. The molecule has 2 rings (SSSR count). The van der Waals surface area contributed by atoms with Gasteiger partial charge in [-0.05, 0) is 19.3 Å². The van der Waals surface area contributed by atoms with E-state index in [4.69, 9.17) is 0 Å². The van der Waals surface area contributed by atoms with Crippen LogP contribution in [0.15, 0.2) is 12.2 Å². The number of imide groups is 1. The zero-order valence-corrected chi connectivity index (χ0v) is 12.7. The van der Waals surface area contributed by atoms with Crippen LogP contribution in [0.1, 0.15) is 51.9 Å². The van der Waals surface area contributed by atoms with Crippen molar-refractivity contribution in [3.8, 4) is 0 Å². The van der Waals surface area contributed by atoms with Gasteiger partial charge in [0.2, 0.25) is 5.91 Å². The average Bonchev–Trinajstić information content (AvgIpc) is 2.80. The quantitative estimate of drug-likeness (QED) is 0.599. The first-order chi connectivity index (χ1) is 10.1. The molecule has 0 aromatic carbocycles. The van der Waals surface area contributed by atoms with Crippen molar-refractivity contribution in [1.29, 1.82) is 0 Å². The van der Waals surface area contributed by atoms with Crippen LogP contribution in [0.5, 0.6) is 0 Å². The van der Waals surface area contributed by atoms with Crippen LogP contribution < -0.4 is 5.32 Å². The summed E-state index contributed by atoms with van der Waals surface area (Å²) in [5.41, 5.74) is -0.594. The van der Waals surface area contributed by atoms with E-state index in [0.29, 0.717) is 6.54 Å². The Bertz CT molecular complexity index is 432. The maximum absolute atomic E-state index is 12.6. The van der Waals surface area contributed by atoms with Crippen LogP contribution in [0.25, 0.3) is 0 Å². The molecule has 0 saturated heterocycles. The minimum Gasteiger partial charge on any atom is -0.356 e. The lowest BCUT2D eigenvalue weighted by Gasteiger charge is -2.38. The predicted octanol–water partition coefficient (Wildman–Crippen LogP) is 1.78. The molecular formula is C16H24N2O3. The number of amides is 3. The Labute approximate surface area is 125 Å². The van der Waals surface area contributed by atoms with Gasteiger partial charge in [0, 0.05) is 25.2 Å². The molecule has 1 aliphatic carbocycles. The molecular weight excluding hydrogens is 268 g/mol. The Hall–Kier alpha value is -1.65. The summed E-state index contributed by atoms with van der Waals surface area (Å²) in [6, 6.07) is 0. The number of carbonyl (C=O) groups is 3. The number of hydrogen-bond donors (Lipinski definition) is 1. The minimum absolute atomic E-state index is 0.00292. The molecule has 0 bridgehead atoms. The summed E-state index contributed by atoms with van der Waals surface area (Å²) in [5, 5.41) is 2.99. The molecule has 0 unspecified atom stereocenters. The van der Waals surface area contributed by atoms with E-state index >= 15 is 0 Å². The fourth-order valence-corrected chi connectivity index (χ4v) is 3.14. The van der Waals surface area contributed by atoms with Crippen LogP contribution in [0.2, 0.25) is 0 Å². The van der Waals surface area contributed by atoms with Crippen molar-refractivity contribution in [3.63, 3.8) is 0 Å². The maximum Gasteiger partial charge on any atom is 0.253 e. The van der Waals surface area contributed by atoms with Gasteiger partial charge in [-0.2, -0.15) is 0 Å². The van der Waals surface area contributed by atoms with Crippen molar-refractivity contribution in [1.82, 2.24) is 10.2 Å². The van der Waals surface area contributed by atoms with Crippen molar-refractivity contribution in [3.05, 3.63) is 12.2 Å². The van der Waals surface area contributed by atoms with Crippen molar-refractivity contribution in [2.45, 2.75) is 51.9 Å². The van der Waals surface area contributed by atoms with Gasteiger partial charge in [-0.1, -0.05) is 32.6 Å². The Morgan fingerprint density at radius 3 is 2.38 bits per heavy atom. The fraction of sp³-hybridized carbons (Fsp3) is 0.688. The normalized spacial score (nSPS) is 20.9. The Morgan fingerprint density at radius 1 is 1.19 bits per heavy atom. The first-order valence-corrected chi connectivity index (χ1v) is 7.91. The van der Waals surface area contributed by atoms with Gasteiger partial charge in [0.25, 0.3) is 11.8 Å². The number of nitrogens with one attached hydrogen (secondary N) is 1. The van der Waals surface area contributed by atoms with E-state index in [1.54, 1.807) is 0 Å². The van der Waals surface area contributed by atoms with E-state index < -0.39 is 5.41 Å². The van der Waals surface area contributed by atoms with Gasteiger partial charge in [0.1, 0.15) is 0 Å². The largest absolute Gasteiger partial charge is 0.356 e. The van der Waals surface area contributed by atoms with Crippen LogP contribution >= 0.6 is 0 Å². The van der Waals surface area contributed by atoms with Crippen LogP contribution in [0.3, 0.4) is 0 Å². The predicted molar refractivity (Wildman–Crippen MR) is 79.3 cm³/mol. The lowest BCUT2D eigenvalue weighted by atomic mass is 9.72. The molecule has 21 heavy (non-hydrogen) atoms. The standard InChI is InChI=1S/C16H24N2O3/c1-2-3-11-17-15(21)16(9-5-4-6-10-16)12-18-13(19)7-8-14(18)20/h7-8H,2-6,9-12H2,1H3,(H,17,21). The van der Waals surface area contributed by atoms with Crippen molar-refractivity contribution < 1.29 is 14.4 Å². The number of nitrogens with zero attached hydrogens (tertiary/aromatic N) is 1. The first-order valence-electron chi connectivity index (χ1n) is 7.91. The van der Waals surface area contributed by atoms with Crippen molar-refractivity contribution in [2.24, 2.45) is 5.41 Å². The molecule has 1 N–H and O–H groups in total. The lowest BCUT2D eigenvalue weighted by molar-refractivity contribution is -0.143. The Balaban J connectivity index is 2.07. The van der Waals surface area contributed by atoms with Gasteiger partial charge in [0.15, 0.2) is 0 Å². The van der Waals surface area contributed by atoms with E-state index in [1.807, 2.05) is 0 Å². The third-order valence-corrected chi connectivity index (χ3v) is 4.47. The zero-order chi connectivity index (χ0) is 15.3. The number of carbonyl (C=O) groups excluding carboxylic acids is 3. The van der Waals surface area contributed by atoms with E-state index in [0.717, 1.165) is 44.9 Å². The molecule has 3 amide bonds. The van der Waals surface area contributed by atoms with E-state index in [2.05, 4.69) is 12.2 Å². The van der Waals surface area contributed by atoms with Crippen LogP contribution in [-0.4, -0.2) is 35.7 Å². The molecule has 1 heterocycles. The molecule has 0 spiro atoms. The topological polar surface area (TPSA) is 66.5 Å². The molecule has 5 nitrogen and oxygen atoms in total. The fourth-order valence-electron chi connectivity index (χ4n) is 3.14. The second-order valence-electron chi connectivity index (χ2n) is 6.05.